The summed E-state index contributed by atoms with van der Waals surface area (Å²) in [6.45, 7) is 0.882. The first-order valence-corrected chi connectivity index (χ1v) is 12.4. The molecular weight excluding hydrogens is 418 g/mol. The average molecular weight is 452 g/mol. The van der Waals surface area contributed by atoms with Crippen molar-refractivity contribution in [2.45, 2.75) is 50.2 Å². The maximum atomic E-state index is 10.3. The topological polar surface area (TPSA) is 50.7 Å². The number of methoxy groups -OCH3 is 1. The van der Waals surface area contributed by atoms with Crippen LogP contribution in [0.1, 0.15) is 54.0 Å². The van der Waals surface area contributed by atoms with E-state index in [1.807, 2.05) is 24.3 Å². The number of hydrogen-bond donors (Lipinski definition) is 2. The van der Waals surface area contributed by atoms with Gasteiger partial charge in [0.1, 0.15) is 24.2 Å². The van der Waals surface area contributed by atoms with E-state index in [0.29, 0.717) is 19.2 Å². The lowest BCUT2D eigenvalue weighted by Crippen LogP contribution is -2.38. The van der Waals surface area contributed by atoms with Crippen molar-refractivity contribution in [1.82, 2.24) is 5.32 Å². The fourth-order valence-electron chi connectivity index (χ4n) is 4.39. The Morgan fingerprint density at radius 2 is 1.59 bits per heavy atom. The van der Waals surface area contributed by atoms with E-state index in [1.54, 1.807) is 18.4 Å². The van der Waals surface area contributed by atoms with Gasteiger partial charge in [-0.05, 0) is 59.7 Å². The first-order valence-electron chi connectivity index (χ1n) is 11.5. The summed E-state index contributed by atoms with van der Waals surface area (Å²) in [7, 11) is 1.69. The molecule has 1 aliphatic carbocycles. The van der Waals surface area contributed by atoms with Crippen molar-refractivity contribution in [3.8, 4) is 11.5 Å². The highest BCUT2D eigenvalue weighted by Gasteiger charge is 2.18. The van der Waals surface area contributed by atoms with Crippen LogP contribution in [0.2, 0.25) is 0 Å². The Bertz CT molecular complexity index is 919. The second kappa shape index (κ2) is 11.5. The molecule has 2 unspecified atom stereocenters. The van der Waals surface area contributed by atoms with Gasteiger partial charge in [-0.15, -0.1) is 11.3 Å². The van der Waals surface area contributed by atoms with E-state index in [4.69, 9.17) is 9.47 Å². The predicted octanol–water partition coefficient (Wildman–Crippen LogP) is 5.60. The minimum atomic E-state index is -0.505. The molecule has 1 aromatic heterocycles. The Labute approximate surface area is 195 Å². The maximum Gasteiger partial charge on any atom is 0.119 e. The summed E-state index contributed by atoms with van der Waals surface area (Å²) in [4.78, 5) is 1.30. The van der Waals surface area contributed by atoms with Crippen molar-refractivity contribution in [3.05, 3.63) is 82.0 Å². The Hall–Kier alpha value is -2.34. The van der Waals surface area contributed by atoms with Crippen molar-refractivity contribution in [3.63, 3.8) is 0 Å². The van der Waals surface area contributed by atoms with E-state index in [1.165, 1.54) is 48.1 Å². The van der Waals surface area contributed by atoms with Crippen LogP contribution in [-0.4, -0.2) is 37.5 Å². The van der Waals surface area contributed by atoms with Gasteiger partial charge in [0, 0.05) is 23.4 Å². The number of thiophene rings is 1. The molecule has 3 aromatic rings. The van der Waals surface area contributed by atoms with Gasteiger partial charge < -0.3 is 19.9 Å². The fraction of sp³-hybridized carbons (Fsp3) is 0.407. The van der Waals surface area contributed by atoms with Crippen molar-refractivity contribution in [1.29, 1.82) is 0 Å². The van der Waals surface area contributed by atoms with Gasteiger partial charge in [0.2, 0.25) is 0 Å². The normalized spacial score (nSPS) is 16.4. The van der Waals surface area contributed by atoms with Crippen LogP contribution in [-0.2, 0) is 0 Å². The monoisotopic (exact) mass is 451 g/mol. The van der Waals surface area contributed by atoms with Gasteiger partial charge in [0.15, 0.2) is 0 Å². The van der Waals surface area contributed by atoms with Crippen LogP contribution in [0.3, 0.4) is 0 Å². The zero-order valence-corrected chi connectivity index (χ0v) is 19.5. The first-order chi connectivity index (χ1) is 15.7. The highest BCUT2D eigenvalue weighted by molar-refractivity contribution is 7.10. The van der Waals surface area contributed by atoms with Gasteiger partial charge in [0.05, 0.1) is 7.11 Å². The molecule has 2 aromatic carbocycles. The third-order valence-electron chi connectivity index (χ3n) is 6.18. The third kappa shape index (κ3) is 6.12. The molecule has 32 heavy (non-hydrogen) atoms. The lowest BCUT2D eigenvalue weighted by atomic mass is 9.90. The molecule has 1 aliphatic rings. The summed E-state index contributed by atoms with van der Waals surface area (Å²) in [5.74, 6) is 1.81. The Morgan fingerprint density at radius 1 is 0.938 bits per heavy atom. The molecule has 0 aliphatic heterocycles. The van der Waals surface area contributed by atoms with Crippen LogP contribution >= 0.6 is 11.3 Å². The van der Waals surface area contributed by atoms with Gasteiger partial charge in [0.25, 0.3) is 0 Å². The number of ether oxygens (including phenoxy) is 2. The molecule has 4 rings (SSSR count). The fourth-order valence-corrected chi connectivity index (χ4v) is 5.27. The zero-order chi connectivity index (χ0) is 22.2. The standard InChI is InChI=1S/C27H33NO3S/c1-30-24-13-9-20(10-14-24)27(26-8-5-17-32-26)21-11-15-25(16-12-21)31-19-23(29)18-28-22-6-3-2-4-7-22/h5,8-17,22-23,27-29H,2-4,6-7,18-19H2,1H3. The highest BCUT2D eigenvalue weighted by Crippen LogP contribution is 2.36. The molecule has 1 fully saturated rings. The molecule has 0 amide bonds. The lowest BCUT2D eigenvalue weighted by Gasteiger charge is -2.24. The summed E-state index contributed by atoms with van der Waals surface area (Å²) in [5.41, 5.74) is 2.44. The highest BCUT2D eigenvalue weighted by atomic mass is 32.1. The van der Waals surface area contributed by atoms with Crippen LogP contribution in [0, 0.1) is 0 Å². The van der Waals surface area contributed by atoms with Crippen LogP contribution < -0.4 is 14.8 Å². The summed E-state index contributed by atoms with van der Waals surface area (Å²) in [6.07, 6.45) is 5.85. The first kappa shape index (κ1) is 22.8. The number of hydrogen-bond acceptors (Lipinski definition) is 5. The van der Waals surface area contributed by atoms with Gasteiger partial charge in [-0.1, -0.05) is 49.6 Å². The quantitative estimate of drug-likeness (QED) is 0.421. The number of aliphatic hydroxyl groups excluding tert-OH is 1. The molecule has 0 radical (unpaired) electrons. The van der Waals surface area contributed by atoms with Crippen LogP contribution in [0.25, 0.3) is 0 Å². The smallest absolute Gasteiger partial charge is 0.119 e. The van der Waals surface area contributed by atoms with E-state index in [0.717, 1.165) is 11.5 Å². The molecule has 1 heterocycles. The van der Waals surface area contributed by atoms with Crippen molar-refractivity contribution >= 4 is 11.3 Å². The van der Waals surface area contributed by atoms with Gasteiger partial charge >= 0.3 is 0 Å². The molecule has 0 spiro atoms. The third-order valence-corrected chi connectivity index (χ3v) is 7.12. The van der Waals surface area contributed by atoms with Crippen molar-refractivity contribution in [2.24, 2.45) is 0 Å². The van der Waals surface area contributed by atoms with Gasteiger partial charge in [-0.25, -0.2) is 0 Å². The van der Waals surface area contributed by atoms with Crippen molar-refractivity contribution in [2.75, 3.05) is 20.3 Å². The number of nitrogens with one attached hydrogen (secondary N) is 1. The Morgan fingerprint density at radius 3 is 2.19 bits per heavy atom. The lowest BCUT2D eigenvalue weighted by molar-refractivity contribution is 0.102. The molecule has 2 N–H and O–H groups in total. The summed E-state index contributed by atoms with van der Waals surface area (Å²) >= 11 is 1.76. The van der Waals surface area contributed by atoms with E-state index in [9.17, 15) is 5.11 Å². The van der Waals surface area contributed by atoms with E-state index < -0.39 is 6.10 Å². The summed E-state index contributed by atoms with van der Waals surface area (Å²) in [6, 6.07) is 21.3. The number of aliphatic hydroxyl groups is 1. The largest absolute Gasteiger partial charge is 0.497 e. The maximum absolute atomic E-state index is 10.3. The Balaban J connectivity index is 1.37. The molecule has 5 heteroatoms. The predicted molar refractivity (Wildman–Crippen MR) is 131 cm³/mol. The SMILES string of the molecule is COc1ccc(C(c2ccc(OCC(O)CNC3CCCCC3)cc2)c2cccs2)cc1. The second-order valence-corrected chi connectivity index (χ2v) is 9.48. The molecular formula is C27H33NO3S. The number of benzene rings is 2. The minimum absolute atomic E-state index is 0.167. The zero-order valence-electron chi connectivity index (χ0n) is 18.7. The van der Waals surface area contributed by atoms with Crippen LogP contribution in [0.4, 0.5) is 0 Å². The molecule has 0 bridgehead atoms. The molecule has 2 atom stereocenters. The molecule has 170 valence electrons. The molecule has 1 saturated carbocycles. The van der Waals surface area contributed by atoms with E-state index in [2.05, 4.69) is 47.1 Å². The van der Waals surface area contributed by atoms with Gasteiger partial charge in [-0.3, -0.25) is 0 Å². The van der Waals surface area contributed by atoms with Crippen LogP contribution in [0.15, 0.2) is 66.0 Å². The number of rotatable bonds is 10. The van der Waals surface area contributed by atoms with E-state index in [-0.39, 0.29) is 5.92 Å². The van der Waals surface area contributed by atoms with Crippen LogP contribution in [0.5, 0.6) is 11.5 Å². The van der Waals surface area contributed by atoms with Gasteiger partial charge in [-0.2, -0.15) is 0 Å². The second-order valence-electron chi connectivity index (χ2n) is 8.50. The molecule has 0 saturated heterocycles. The van der Waals surface area contributed by atoms with Crippen molar-refractivity contribution < 1.29 is 14.6 Å². The minimum Gasteiger partial charge on any atom is -0.497 e. The van der Waals surface area contributed by atoms with E-state index >= 15 is 0 Å². The summed E-state index contributed by atoms with van der Waals surface area (Å²) < 4.78 is 11.2. The Kier molecular flexibility index (Phi) is 8.21. The molecule has 4 nitrogen and oxygen atoms in total. The average Bonchev–Trinajstić information content (AvgIpc) is 3.38. The summed E-state index contributed by atoms with van der Waals surface area (Å²) in [5, 5.41) is 15.9.